The van der Waals surface area contributed by atoms with Crippen LogP contribution in [0.4, 0.5) is 5.69 Å². The van der Waals surface area contributed by atoms with Crippen molar-refractivity contribution < 1.29 is 9.59 Å². The predicted octanol–water partition coefficient (Wildman–Crippen LogP) is 3.67. The fourth-order valence-electron chi connectivity index (χ4n) is 3.29. The van der Waals surface area contributed by atoms with Gasteiger partial charge >= 0.3 is 0 Å². The van der Waals surface area contributed by atoms with Crippen LogP contribution in [0.1, 0.15) is 61.1 Å². The largest absolute Gasteiger partial charge is 0.346 e. The van der Waals surface area contributed by atoms with Crippen molar-refractivity contribution in [2.45, 2.75) is 51.5 Å². The molecule has 2 aromatic rings. The van der Waals surface area contributed by atoms with Gasteiger partial charge in [-0.15, -0.1) is 0 Å². The quantitative estimate of drug-likeness (QED) is 0.886. The second-order valence-electron chi connectivity index (χ2n) is 7.77. The maximum atomic E-state index is 12.8. The smallest absolute Gasteiger partial charge is 0.270 e. The van der Waals surface area contributed by atoms with Crippen molar-refractivity contribution in [1.82, 2.24) is 10.3 Å². The molecular formula is C21H25N3O2. The summed E-state index contributed by atoms with van der Waals surface area (Å²) in [6.07, 6.45) is 4.41. The summed E-state index contributed by atoms with van der Waals surface area (Å²) in [5.41, 5.74) is 2.90. The van der Waals surface area contributed by atoms with Crippen molar-refractivity contribution in [3.8, 4) is 0 Å². The van der Waals surface area contributed by atoms with Crippen LogP contribution in [0.5, 0.6) is 0 Å². The molecule has 0 radical (unpaired) electrons. The highest BCUT2D eigenvalue weighted by Gasteiger charge is 2.26. The van der Waals surface area contributed by atoms with Crippen LogP contribution >= 0.6 is 0 Å². The highest BCUT2D eigenvalue weighted by atomic mass is 16.2. The lowest BCUT2D eigenvalue weighted by molar-refractivity contribution is -0.117. The van der Waals surface area contributed by atoms with Crippen LogP contribution in [-0.2, 0) is 11.2 Å². The highest BCUT2D eigenvalue weighted by molar-refractivity contribution is 5.98. The molecule has 0 fully saturated rings. The maximum absolute atomic E-state index is 12.8. The van der Waals surface area contributed by atoms with Crippen molar-refractivity contribution in [2.24, 2.45) is 0 Å². The Labute approximate surface area is 154 Å². The SMILES string of the molecule is CC(C)(C)NC(=O)c1cc(NC(=O)C2CCCc3ccccc32)ccn1. The van der Waals surface area contributed by atoms with Gasteiger partial charge in [0.15, 0.2) is 0 Å². The Morgan fingerprint density at radius 1 is 1.15 bits per heavy atom. The molecule has 1 heterocycles. The third-order valence-corrected chi connectivity index (χ3v) is 4.43. The lowest BCUT2D eigenvalue weighted by Crippen LogP contribution is -2.40. The molecule has 2 amide bonds. The van der Waals surface area contributed by atoms with Gasteiger partial charge in [0.1, 0.15) is 5.69 Å². The summed E-state index contributed by atoms with van der Waals surface area (Å²) in [5, 5.41) is 5.83. The Morgan fingerprint density at radius 2 is 1.92 bits per heavy atom. The lowest BCUT2D eigenvalue weighted by Gasteiger charge is -2.24. The fourth-order valence-corrected chi connectivity index (χ4v) is 3.29. The Bertz CT molecular complexity index is 824. The van der Waals surface area contributed by atoms with Gasteiger partial charge in [0.05, 0.1) is 5.92 Å². The topological polar surface area (TPSA) is 71.1 Å². The summed E-state index contributed by atoms with van der Waals surface area (Å²) in [6.45, 7) is 5.74. The highest BCUT2D eigenvalue weighted by Crippen LogP contribution is 2.32. The van der Waals surface area contributed by atoms with Crippen LogP contribution in [0.2, 0.25) is 0 Å². The molecule has 2 N–H and O–H groups in total. The standard InChI is InChI=1S/C21H25N3O2/c1-21(2,3)24-20(26)18-13-15(11-12-22-18)23-19(25)17-10-6-8-14-7-4-5-9-16(14)17/h4-5,7,9,11-13,17H,6,8,10H2,1-3H3,(H,24,26)(H,22,23,25). The minimum absolute atomic E-state index is 0.0365. The van der Waals surface area contributed by atoms with Crippen LogP contribution in [0.15, 0.2) is 42.6 Å². The van der Waals surface area contributed by atoms with Crippen LogP contribution in [0.3, 0.4) is 0 Å². The van der Waals surface area contributed by atoms with Gasteiger partial charge in [-0.25, -0.2) is 0 Å². The number of aryl methyl sites for hydroxylation is 1. The van der Waals surface area contributed by atoms with E-state index in [-0.39, 0.29) is 23.3 Å². The van der Waals surface area contributed by atoms with Gasteiger partial charge in [-0.05, 0) is 63.3 Å². The van der Waals surface area contributed by atoms with Gasteiger partial charge in [0.2, 0.25) is 5.91 Å². The summed E-state index contributed by atoms with van der Waals surface area (Å²) in [6, 6.07) is 11.5. The van der Waals surface area contributed by atoms with E-state index < -0.39 is 0 Å². The monoisotopic (exact) mass is 351 g/mol. The molecular weight excluding hydrogens is 326 g/mol. The van der Waals surface area contributed by atoms with Gasteiger partial charge in [-0.1, -0.05) is 24.3 Å². The molecule has 1 atom stereocenters. The number of benzene rings is 1. The first-order valence-corrected chi connectivity index (χ1v) is 9.01. The average molecular weight is 351 g/mol. The first-order valence-electron chi connectivity index (χ1n) is 9.01. The Morgan fingerprint density at radius 3 is 2.69 bits per heavy atom. The molecule has 0 spiro atoms. The summed E-state index contributed by atoms with van der Waals surface area (Å²) in [7, 11) is 0. The fraction of sp³-hybridized carbons (Fsp3) is 0.381. The zero-order chi connectivity index (χ0) is 18.7. The van der Waals surface area contributed by atoms with Crippen molar-refractivity contribution in [3.63, 3.8) is 0 Å². The molecule has 1 aliphatic carbocycles. The molecule has 1 aromatic heterocycles. The van der Waals surface area contributed by atoms with E-state index in [1.807, 2.05) is 39.0 Å². The maximum Gasteiger partial charge on any atom is 0.270 e. The molecule has 136 valence electrons. The average Bonchev–Trinajstić information content (AvgIpc) is 2.60. The normalized spacial score (nSPS) is 16.5. The van der Waals surface area contributed by atoms with E-state index in [1.165, 1.54) is 5.56 Å². The minimum Gasteiger partial charge on any atom is -0.346 e. The molecule has 1 aromatic carbocycles. The van der Waals surface area contributed by atoms with Gasteiger partial charge in [0, 0.05) is 17.4 Å². The molecule has 1 unspecified atom stereocenters. The van der Waals surface area contributed by atoms with Crippen molar-refractivity contribution >= 4 is 17.5 Å². The first-order chi connectivity index (χ1) is 12.3. The number of amides is 2. The second-order valence-corrected chi connectivity index (χ2v) is 7.77. The number of nitrogens with one attached hydrogen (secondary N) is 2. The van der Waals surface area contributed by atoms with E-state index in [1.54, 1.807) is 18.3 Å². The van der Waals surface area contributed by atoms with Crippen LogP contribution in [-0.4, -0.2) is 22.3 Å². The number of anilines is 1. The summed E-state index contributed by atoms with van der Waals surface area (Å²) >= 11 is 0. The van der Waals surface area contributed by atoms with E-state index in [0.717, 1.165) is 24.8 Å². The molecule has 5 heteroatoms. The van der Waals surface area contributed by atoms with Gasteiger partial charge in [-0.2, -0.15) is 0 Å². The van der Waals surface area contributed by atoms with Crippen molar-refractivity contribution in [1.29, 1.82) is 0 Å². The Kier molecular flexibility index (Phi) is 5.07. The van der Waals surface area contributed by atoms with E-state index in [2.05, 4.69) is 21.7 Å². The number of hydrogen-bond acceptors (Lipinski definition) is 3. The number of carbonyl (C=O) groups excluding carboxylic acids is 2. The lowest BCUT2D eigenvalue weighted by atomic mass is 9.82. The summed E-state index contributed by atoms with van der Waals surface area (Å²) < 4.78 is 0. The van der Waals surface area contributed by atoms with Gasteiger partial charge in [0.25, 0.3) is 5.91 Å². The number of nitrogens with zero attached hydrogens (tertiary/aromatic N) is 1. The molecule has 3 rings (SSSR count). The van der Waals surface area contributed by atoms with E-state index in [0.29, 0.717) is 11.4 Å². The second kappa shape index (κ2) is 7.28. The minimum atomic E-state index is -0.343. The van der Waals surface area contributed by atoms with Gasteiger partial charge < -0.3 is 10.6 Å². The van der Waals surface area contributed by atoms with E-state index >= 15 is 0 Å². The molecule has 1 aliphatic rings. The zero-order valence-electron chi connectivity index (χ0n) is 15.5. The molecule has 5 nitrogen and oxygen atoms in total. The molecule has 0 saturated carbocycles. The summed E-state index contributed by atoms with van der Waals surface area (Å²) in [4.78, 5) is 29.2. The van der Waals surface area contributed by atoms with E-state index in [9.17, 15) is 9.59 Å². The zero-order valence-corrected chi connectivity index (χ0v) is 15.5. The van der Waals surface area contributed by atoms with Crippen LogP contribution in [0, 0.1) is 0 Å². The number of fused-ring (bicyclic) bond motifs is 1. The number of pyridine rings is 1. The van der Waals surface area contributed by atoms with E-state index in [4.69, 9.17) is 0 Å². The molecule has 0 saturated heterocycles. The third-order valence-electron chi connectivity index (χ3n) is 4.43. The number of aromatic nitrogens is 1. The number of hydrogen-bond donors (Lipinski definition) is 2. The van der Waals surface area contributed by atoms with Crippen LogP contribution < -0.4 is 10.6 Å². The molecule has 26 heavy (non-hydrogen) atoms. The van der Waals surface area contributed by atoms with Crippen molar-refractivity contribution in [2.75, 3.05) is 5.32 Å². The Balaban J connectivity index is 1.75. The predicted molar refractivity (Wildman–Crippen MR) is 102 cm³/mol. The van der Waals surface area contributed by atoms with Crippen LogP contribution in [0.25, 0.3) is 0 Å². The molecule has 0 aliphatic heterocycles. The summed E-state index contributed by atoms with van der Waals surface area (Å²) in [5.74, 6) is -0.442. The third kappa shape index (κ3) is 4.28. The van der Waals surface area contributed by atoms with Crippen molar-refractivity contribution in [3.05, 3.63) is 59.4 Å². The number of carbonyl (C=O) groups is 2. The molecule has 0 bridgehead atoms. The first kappa shape index (κ1) is 18.1. The Hall–Kier alpha value is -2.69. The van der Waals surface area contributed by atoms with Gasteiger partial charge in [-0.3, -0.25) is 14.6 Å². The number of rotatable bonds is 3.